The molecule has 29 heavy (non-hydrogen) atoms. The van der Waals surface area contributed by atoms with Gasteiger partial charge < -0.3 is 14.4 Å². The molecule has 0 saturated heterocycles. The molecule has 0 spiro atoms. The van der Waals surface area contributed by atoms with Gasteiger partial charge in [0.25, 0.3) is 0 Å². The van der Waals surface area contributed by atoms with Crippen molar-refractivity contribution in [3.8, 4) is 0 Å². The van der Waals surface area contributed by atoms with Gasteiger partial charge in [-0.2, -0.15) is 0 Å². The minimum atomic E-state index is 0.202. The van der Waals surface area contributed by atoms with Crippen LogP contribution in [0, 0.1) is 0 Å². The lowest BCUT2D eigenvalue weighted by Gasteiger charge is -2.37. The van der Waals surface area contributed by atoms with Crippen LogP contribution in [0.15, 0.2) is 24.3 Å². The number of carbonyl (C=O) groups excluding carboxylic acids is 1. The SMILES string of the molecule is CCCCN(CCCC)CCCC1c2c(c3ccccc3n2C)CCN1C(C)=O. The lowest BCUT2D eigenvalue weighted by atomic mass is 9.94. The highest BCUT2D eigenvalue weighted by atomic mass is 16.2. The molecule has 4 nitrogen and oxygen atoms in total. The van der Waals surface area contributed by atoms with E-state index in [-0.39, 0.29) is 11.9 Å². The molecule has 0 N–H and O–H groups in total. The Morgan fingerprint density at radius 3 is 2.38 bits per heavy atom. The first-order chi connectivity index (χ1) is 14.1. The van der Waals surface area contributed by atoms with Gasteiger partial charge in [-0.15, -0.1) is 0 Å². The van der Waals surface area contributed by atoms with E-state index in [0.717, 1.165) is 32.4 Å². The summed E-state index contributed by atoms with van der Waals surface area (Å²) in [4.78, 5) is 17.2. The third-order valence-corrected chi connectivity index (χ3v) is 6.57. The van der Waals surface area contributed by atoms with Crippen molar-refractivity contribution in [3.63, 3.8) is 0 Å². The molecular formula is C25H39N3O. The fourth-order valence-corrected chi connectivity index (χ4v) is 4.99. The van der Waals surface area contributed by atoms with Gasteiger partial charge in [-0.05, 0) is 63.4 Å². The zero-order valence-electron chi connectivity index (χ0n) is 18.9. The highest BCUT2D eigenvalue weighted by Crippen LogP contribution is 2.38. The maximum absolute atomic E-state index is 12.4. The van der Waals surface area contributed by atoms with Crippen LogP contribution in [0.1, 0.15) is 76.6 Å². The fourth-order valence-electron chi connectivity index (χ4n) is 4.99. The smallest absolute Gasteiger partial charge is 0.220 e. The molecule has 0 fully saturated rings. The van der Waals surface area contributed by atoms with E-state index in [1.807, 2.05) is 0 Å². The van der Waals surface area contributed by atoms with Crippen molar-refractivity contribution in [1.29, 1.82) is 0 Å². The second kappa shape index (κ2) is 10.3. The van der Waals surface area contributed by atoms with Crippen LogP contribution in [0.25, 0.3) is 10.9 Å². The third-order valence-electron chi connectivity index (χ3n) is 6.57. The van der Waals surface area contributed by atoms with E-state index in [2.05, 4.69) is 59.5 Å². The van der Waals surface area contributed by atoms with Crippen molar-refractivity contribution < 1.29 is 4.79 Å². The Kier molecular flexibility index (Phi) is 7.77. The normalized spacial score (nSPS) is 16.6. The molecule has 4 heteroatoms. The van der Waals surface area contributed by atoms with Crippen LogP contribution in [-0.2, 0) is 18.3 Å². The third kappa shape index (κ3) is 4.85. The number of benzene rings is 1. The number of hydrogen-bond acceptors (Lipinski definition) is 2. The topological polar surface area (TPSA) is 28.5 Å². The summed E-state index contributed by atoms with van der Waals surface area (Å²) in [5.74, 6) is 0.208. The van der Waals surface area contributed by atoms with Crippen LogP contribution >= 0.6 is 0 Å². The van der Waals surface area contributed by atoms with Gasteiger partial charge in [0.05, 0.1) is 6.04 Å². The molecule has 0 saturated carbocycles. The molecule has 2 heterocycles. The van der Waals surface area contributed by atoms with Gasteiger partial charge in [0.2, 0.25) is 5.91 Å². The molecule has 2 aromatic rings. The van der Waals surface area contributed by atoms with Crippen LogP contribution in [0.5, 0.6) is 0 Å². The van der Waals surface area contributed by atoms with E-state index < -0.39 is 0 Å². The van der Waals surface area contributed by atoms with Crippen molar-refractivity contribution in [2.45, 2.75) is 71.8 Å². The molecule has 1 aromatic heterocycles. The van der Waals surface area contributed by atoms with E-state index in [1.54, 1.807) is 6.92 Å². The molecule has 1 aromatic carbocycles. The number of hydrogen-bond donors (Lipinski definition) is 0. The predicted molar refractivity (Wildman–Crippen MR) is 122 cm³/mol. The van der Waals surface area contributed by atoms with Crippen LogP contribution in [0.2, 0.25) is 0 Å². The highest BCUT2D eigenvalue weighted by Gasteiger charge is 2.33. The number of fused-ring (bicyclic) bond motifs is 3. The van der Waals surface area contributed by atoms with Crippen LogP contribution in [-0.4, -0.2) is 46.5 Å². The van der Waals surface area contributed by atoms with Gasteiger partial charge in [0.1, 0.15) is 0 Å². The zero-order valence-corrected chi connectivity index (χ0v) is 18.9. The second-order valence-corrected chi connectivity index (χ2v) is 8.61. The van der Waals surface area contributed by atoms with Gasteiger partial charge >= 0.3 is 0 Å². The summed E-state index contributed by atoms with van der Waals surface area (Å²) < 4.78 is 2.34. The van der Waals surface area contributed by atoms with Crippen molar-refractivity contribution in [1.82, 2.24) is 14.4 Å². The Hall–Kier alpha value is -1.81. The molecule has 0 radical (unpaired) electrons. The Morgan fingerprint density at radius 1 is 1.07 bits per heavy atom. The molecule has 1 aliphatic rings. The van der Waals surface area contributed by atoms with Crippen LogP contribution in [0.4, 0.5) is 0 Å². The number of aromatic nitrogens is 1. The fraction of sp³-hybridized carbons (Fsp3) is 0.640. The number of nitrogens with zero attached hydrogens (tertiary/aromatic N) is 3. The van der Waals surface area contributed by atoms with E-state index in [0.29, 0.717) is 0 Å². The summed E-state index contributed by atoms with van der Waals surface area (Å²) in [5.41, 5.74) is 4.11. The van der Waals surface area contributed by atoms with E-state index in [4.69, 9.17) is 0 Å². The minimum absolute atomic E-state index is 0.202. The summed E-state index contributed by atoms with van der Waals surface area (Å²) in [6.07, 6.45) is 8.21. The first-order valence-corrected chi connectivity index (χ1v) is 11.6. The number of rotatable bonds is 10. The van der Waals surface area contributed by atoms with Gasteiger partial charge in [0.15, 0.2) is 0 Å². The second-order valence-electron chi connectivity index (χ2n) is 8.61. The Labute approximate surface area is 176 Å². The highest BCUT2D eigenvalue weighted by molar-refractivity contribution is 5.86. The summed E-state index contributed by atoms with van der Waals surface area (Å²) in [6, 6.07) is 8.90. The van der Waals surface area contributed by atoms with Crippen LogP contribution < -0.4 is 0 Å². The van der Waals surface area contributed by atoms with Gasteiger partial charge in [0, 0.05) is 37.1 Å². The van der Waals surface area contributed by atoms with Crippen molar-refractivity contribution in [2.24, 2.45) is 7.05 Å². The summed E-state index contributed by atoms with van der Waals surface area (Å²) >= 11 is 0. The number of carbonyl (C=O) groups is 1. The van der Waals surface area contributed by atoms with E-state index in [9.17, 15) is 4.79 Å². The van der Waals surface area contributed by atoms with Gasteiger partial charge in [-0.1, -0.05) is 44.9 Å². The monoisotopic (exact) mass is 397 g/mol. The van der Waals surface area contributed by atoms with Gasteiger partial charge in [-0.3, -0.25) is 4.79 Å². The Morgan fingerprint density at radius 2 is 1.72 bits per heavy atom. The summed E-state index contributed by atoms with van der Waals surface area (Å²) in [5, 5.41) is 1.37. The predicted octanol–water partition coefficient (Wildman–Crippen LogP) is 5.31. The maximum Gasteiger partial charge on any atom is 0.220 e. The average molecular weight is 398 g/mol. The standard InChI is InChI=1S/C25H39N3O/c1-5-7-16-27(17-8-6-2)18-11-14-24-25-22(15-19-28(24)20(3)29)21-12-9-10-13-23(21)26(25)4/h9-10,12-13,24H,5-8,11,14-19H2,1-4H3. The first-order valence-electron chi connectivity index (χ1n) is 11.6. The number of unbranched alkanes of at least 4 members (excludes halogenated alkanes) is 2. The molecule has 0 aliphatic carbocycles. The van der Waals surface area contributed by atoms with E-state index >= 15 is 0 Å². The molecule has 1 amide bonds. The van der Waals surface area contributed by atoms with Gasteiger partial charge in [-0.25, -0.2) is 0 Å². The quantitative estimate of drug-likeness (QED) is 0.544. The van der Waals surface area contributed by atoms with Crippen LogP contribution in [0.3, 0.4) is 0 Å². The number of aryl methyl sites for hydroxylation is 1. The van der Waals surface area contributed by atoms with Crippen molar-refractivity contribution in [2.75, 3.05) is 26.2 Å². The maximum atomic E-state index is 12.4. The van der Waals surface area contributed by atoms with E-state index in [1.165, 1.54) is 60.9 Å². The molecule has 160 valence electrons. The molecule has 1 atom stereocenters. The van der Waals surface area contributed by atoms with Crippen molar-refractivity contribution in [3.05, 3.63) is 35.5 Å². The van der Waals surface area contributed by atoms with Crippen molar-refractivity contribution >= 4 is 16.8 Å². The lowest BCUT2D eigenvalue weighted by Crippen LogP contribution is -2.40. The zero-order chi connectivity index (χ0) is 20.8. The molecule has 1 unspecified atom stereocenters. The number of amides is 1. The minimum Gasteiger partial charge on any atom is -0.346 e. The summed E-state index contributed by atoms with van der Waals surface area (Å²) in [7, 11) is 2.17. The largest absolute Gasteiger partial charge is 0.346 e. The molecule has 1 aliphatic heterocycles. The Bertz CT molecular complexity index is 802. The molecule has 0 bridgehead atoms. The lowest BCUT2D eigenvalue weighted by molar-refractivity contribution is -0.132. The molecule has 3 rings (SSSR count). The first kappa shape index (κ1) is 21.9. The molecular weight excluding hydrogens is 358 g/mol. The summed E-state index contributed by atoms with van der Waals surface area (Å²) in [6.45, 7) is 10.7. The number of para-hydroxylation sites is 1. The average Bonchev–Trinajstić information content (AvgIpc) is 3.02. The Balaban J connectivity index is 1.78.